The van der Waals surface area contributed by atoms with E-state index >= 15 is 0 Å². The van der Waals surface area contributed by atoms with Gasteiger partial charge in [0.2, 0.25) is 0 Å². The molecule has 1 aliphatic carbocycles. The number of alkyl halides is 1. The lowest BCUT2D eigenvalue weighted by atomic mass is 9.85. The highest BCUT2D eigenvalue weighted by Crippen LogP contribution is 2.33. The van der Waals surface area contributed by atoms with Crippen LogP contribution in [0.4, 0.5) is 0 Å². The fraction of sp³-hybridized carbons (Fsp3) is 0.500. The van der Waals surface area contributed by atoms with Gasteiger partial charge in [-0.15, -0.1) is 0 Å². The van der Waals surface area contributed by atoms with Gasteiger partial charge in [-0.1, -0.05) is 15.9 Å². The Balaban J connectivity index is 3.11. The molecule has 0 unspecified atom stereocenters. The van der Waals surface area contributed by atoms with Crippen molar-refractivity contribution in [2.75, 3.05) is 0 Å². The summed E-state index contributed by atoms with van der Waals surface area (Å²) in [6, 6.07) is 1.76. The average molecular weight is 325 g/mol. The number of carbonyl (C=O) groups is 1. The van der Waals surface area contributed by atoms with Gasteiger partial charge in [0.25, 0.3) is 0 Å². The Morgan fingerprint density at radius 3 is 2.79 bits per heavy atom. The van der Waals surface area contributed by atoms with Crippen LogP contribution in [-0.2, 0) is 4.79 Å². The van der Waals surface area contributed by atoms with Crippen molar-refractivity contribution in [3.63, 3.8) is 0 Å². The third-order valence-electron chi connectivity index (χ3n) is 2.01. The minimum atomic E-state index is -1.67. The van der Waals surface area contributed by atoms with Crippen LogP contribution < -0.4 is 0 Å². The van der Waals surface area contributed by atoms with Crippen molar-refractivity contribution in [3.05, 3.63) is 10.6 Å². The molecule has 2 N–H and O–H groups in total. The Bertz CT molecular complexity index is 336. The SMILES string of the molecule is N#CC[C@@]1(O)C=C(Br)C(=O)[C@@H](Br)[C@H]1O. The van der Waals surface area contributed by atoms with E-state index in [0.29, 0.717) is 0 Å². The zero-order valence-corrected chi connectivity index (χ0v) is 10.1. The Morgan fingerprint density at radius 2 is 2.29 bits per heavy atom. The minimum absolute atomic E-state index is 0.169. The van der Waals surface area contributed by atoms with E-state index in [1.807, 2.05) is 0 Å². The van der Waals surface area contributed by atoms with E-state index in [1.54, 1.807) is 6.07 Å². The van der Waals surface area contributed by atoms with Gasteiger partial charge in [0.1, 0.15) is 16.5 Å². The second-order valence-corrected chi connectivity index (χ2v) is 4.87. The first-order valence-corrected chi connectivity index (χ1v) is 5.47. The van der Waals surface area contributed by atoms with E-state index in [0.717, 1.165) is 0 Å². The molecular weight excluding hydrogens is 318 g/mol. The van der Waals surface area contributed by atoms with Gasteiger partial charge < -0.3 is 10.2 Å². The van der Waals surface area contributed by atoms with Crippen LogP contribution in [0, 0.1) is 11.3 Å². The first kappa shape index (κ1) is 11.9. The number of carbonyl (C=O) groups excluding carboxylic acids is 1. The number of nitrogens with zero attached hydrogens (tertiary/aromatic N) is 1. The summed E-state index contributed by atoms with van der Waals surface area (Å²) < 4.78 is 0.169. The monoisotopic (exact) mass is 323 g/mol. The van der Waals surface area contributed by atoms with E-state index < -0.39 is 16.5 Å². The Morgan fingerprint density at radius 1 is 1.71 bits per heavy atom. The van der Waals surface area contributed by atoms with E-state index in [9.17, 15) is 15.0 Å². The molecule has 3 atom stereocenters. The number of allylic oxidation sites excluding steroid dienone is 1. The second-order valence-electron chi connectivity index (χ2n) is 3.03. The number of nitriles is 1. The molecule has 14 heavy (non-hydrogen) atoms. The lowest BCUT2D eigenvalue weighted by Crippen LogP contribution is -2.51. The number of aliphatic hydroxyl groups excluding tert-OH is 1. The third kappa shape index (κ3) is 1.91. The van der Waals surface area contributed by atoms with Crippen LogP contribution in [-0.4, -0.2) is 32.5 Å². The quantitative estimate of drug-likeness (QED) is 0.693. The minimum Gasteiger partial charge on any atom is -0.388 e. The topological polar surface area (TPSA) is 81.3 Å². The molecule has 0 spiro atoms. The number of rotatable bonds is 1. The lowest BCUT2D eigenvalue weighted by molar-refractivity contribution is -0.121. The summed E-state index contributed by atoms with van der Waals surface area (Å²) in [5.41, 5.74) is -1.67. The van der Waals surface area contributed by atoms with Crippen LogP contribution in [0.15, 0.2) is 10.6 Å². The second kappa shape index (κ2) is 4.11. The van der Waals surface area contributed by atoms with E-state index in [2.05, 4.69) is 31.9 Å². The maximum absolute atomic E-state index is 11.3. The Labute approximate surface area is 97.5 Å². The highest BCUT2D eigenvalue weighted by atomic mass is 79.9. The molecular formula is C8H7Br2NO3. The molecule has 0 fully saturated rings. The summed E-state index contributed by atoms with van der Waals surface area (Å²) in [4.78, 5) is 10.4. The largest absolute Gasteiger partial charge is 0.388 e. The molecule has 0 bridgehead atoms. The van der Waals surface area contributed by atoms with Gasteiger partial charge in [-0.2, -0.15) is 5.26 Å². The summed E-state index contributed by atoms with van der Waals surface area (Å²) >= 11 is 5.93. The maximum Gasteiger partial charge on any atom is 0.185 e. The normalized spacial score (nSPS) is 37.6. The van der Waals surface area contributed by atoms with Crippen molar-refractivity contribution in [1.82, 2.24) is 0 Å². The van der Waals surface area contributed by atoms with E-state index in [-0.39, 0.29) is 16.7 Å². The maximum atomic E-state index is 11.3. The number of hydrogen-bond donors (Lipinski definition) is 2. The summed E-state index contributed by atoms with van der Waals surface area (Å²) in [6.07, 6.45) is -0.407. The summed E-state index contributed by atoms with van der Waals surface area (Å²) in [6.45, 7) is 0. The van der Waals surface area contributed by atoms with Crippen LogP contribution in [0.1, 0.15) is 6.42 Å². The standard InChI is InChI=1S/C8H7Br2NO3/c9-4-3-8(14,1-2-11)7(13)5(10)6(4)12/h3,5,7,13-14H,1H2/t5-,7-,8-/m1/s1. The first-order valence-electron chi connectivity index (χ1n) is 3.76. The number of ketones is 1. The highest BCUT2D eigenvalue weighted by Gasteiger charge is 2.45. The van der Waals surface area contributed by atoms with Crippen molar-refractivity contribution >= 4 is 37.6 Å². The predicted octanol–water partition coefficient (Wildman–Crippen LogP) is 0.617. The lowest BCUT2D eigenvalue weighted by Gasteiger charge is -2.34. The molecule has 0 heterocycles. The molecule has 0 aromatic rings. The van der Waals surface area contributed by atoms with Crippen LogP contribution in [0.25, 0.3) is 0 Å². The molecule has 1 rings (SSSR count). The zero-order valence-electron chi connectivity index (χ0n) is 6.94. The molecule has 0 amide bonds. The van der Waals surface area contributed by atoms with Gasteiger partial charge in [0.15, 0.2) is 5.78 Å². The van der Waals surface area contributed by atoms with E-state index in [4.69, 9.17) is 5.26 Å². The Kier molecular flexibility index (Phi) is 3.48. The molecule has 76 valence electrons. The van der Waals surface area contributed by atoms with Crippen LogP contribution >= 0.6 is 31.9 Å². The van der Waals surface area contributed by atoms with Crippen molar-refractivity contribution in [3.8, 4) is 6.07 Å². The van der Waals surface area contributed by atoms with Gasteiger partial charge in [-0.25, -0.2) is 0 Å². The molecule has 0 radical (unpaired) electrons. The number of halogens is 2. The van der Waals surface area contributed by atoms with Gasteiger partial charge in [0, 0.05) is 0 Å². The molecule has 1 aliphatic rings. The molecule has 0 saturated heterocycles. The number of hydrogen-bond acceptors (Lipinski definition) is 4. The van der Waals surface area contributed by atoms with Crippen LogP contribution in [0.5, 0.6) is 0 Å². The smallest absolute Gasteiger partial charge is 0.185 e. The summed E-state index contributed by atoms with van der Waals surface area (Å²) in [7, 11) is 0. The van der Waals surface area contributed by atoms with Crippen molar-refractivity contribution < 1.29 is 15.0 Å². The fourth-order valence-corrected chi connectivity index (χ4v) is 2.84. The predicted molar refractivity (Wildman–Crippen MR) is 55.9 cm³/mol. The van der Waals surface area contributed by atoms with Gasteiger partial charge >= 0.3 is 0 Å². The number of Topliss-reactive ketones (excluding diaryl/α,β-unsaturated/α-hetero) is 1. The van der Waals surface area contributed by atoms with Gasteiger partial charge in [-0.3, -0.25) is 4.79 Å². The van der Waals surface area contributed by atoms with Gasteiger partial charge in [0.05, 0.1) is 17.0 Å². The van der Waals surface area contributed by atoms with Crippen molar-refractivity contribution in [2.45, 2.75) is 23.0 Å². The highest BCUT2D eigenvalue weighted by molar-refractivity contribution is 9.12. The first-order chi connectivity index (χ1) is 6.42. The average Bonchev–Trinajstić information content (AvgIpc) is 2.12. The summed E-state index contributed by atoms with van der Waals surface area (Å²) in [5.74, 6) is -0.347. The van der Waals surface area contributed by atoms with Crippen LogP contribution in [0.3, 0.4) is 0 Å². The van der Waals surface area contributed by atoms with Gasteiger partial charge in [-0.05, 0) is 22.0 Å². The molecule has 0 saturated carbocycles. The zero-order chi connectivity index (χ0) is 10.9. The molecule has 0 aromatic carbocycles. The molecule has 0 aromatic heterocycles. The van der Waals surface area contributed by atoms with Crippen LogP contribution in [0.2, 0.25) is 0 Å². The van der Waals surface area contributed by atoms with E-state index in [1.165, 1.54) is 6.08 Å². The molecule has 0 aliphatic heterocycles. The molecule has 6 heteroatoms. The fourth-order valence-electron chi connectivity index (χ4n) is 1.19. The summed E-state index contributed by atoms with van der Waals surface area (Å²) in [5, 5.41) is 27.9. The third-order valence-corrected chi connectivity index (χ3v) is 3.55. The van der Waals surface area contributed by atoms with Crippen molar-refractivity contribution in [2.24, 2.45) is 0 Å². The molecule has 4 nitrogen and oxygen atoms in total. The van der Waals surface area contributed by atoms with Crippen molar-refractivity contribution in [1.29, 1.82) is 5.26 Å². The Hall–Kier alpha value is -0.220. The number of aliphatic hydroxyl groups is 2.